The zero-order valence-electron chi connectivity index (χ0n) is 11.8. The predicted octanol–water partition coefficient (Wildman–Crippen LogP) is 0.197. The number of rotatable bonds is 11. The first-order valence-electron chi connectivity index (χ1n) is 6.20. The van der Waals surface area contributed by atoms with Gasteiger partial charge >= 0.3 is 6.09 Å². The van der Waals surface area contributed by atoms with Crippen LogP contribution in [0.15, 0.2) is 0 Å². The van der Waals surface area contributed by atoms with Gasteiger partial charge in [-0.2, -0.15) is 0 Å². The van der Waals surface area contributed by atoms with Crippen LogP contribution in [0.1, 0.15) is 13.8 Å². The Kier molecular flexibility index (Phi) is 9.11. The van der Waals surface area contributed by atoms with E-state index in [9.17, 15) is 9.59 Å². The van der Waals surface area contributed by atoms with Gasteiger partial charge in [-0.1, -0.05) is 0 Å². The van der Waals surface area contributed by atoms with Gasteiger partial charge in [0.25, 0.3) is 0 Å². The van der Waals surface area contributed by atoms with E-state index in [4.69, 9.17) is 14.6 Å². The standard InChI is InChI=1S/C12H24N2O5/c1-12(2,10-15)14(3)5-7-19-9-8-18-6-4-13-11(16)17/h10,13H,4-9H2,1-3H3,(H,16,17). The summed E-state index contributed by atoms with van der Waals surface area (Å²) < 4.78 is 10.5. The van der Waals surface area contributed by atoms with Gasteiger partial charge in [-0.25, -0.2) is 4.79 Å². The molecule has 0 spiro atoms. The van der Waals surface area contributed by atoms with E-state index in [1.807, 2.05) is 25.8 Å². The second kappa shape index (κ2) is 9.71. The van der Waals surface area contributed by atoms with Crippen molar-refractivity contribution < 1.29 is 24.2 Å². The summed E-state index contributed by atoms with van der Waals surface area (Å²) in [6.07, 6.45) is -0.147. The van der Waals surface area contributed by atoms with Crippen molar-refractivity contribution in [1.29, 1.82) is 0 Å². The van der Waals surface area contributed by atoms with E-state index in [-0.39, 0.29) is 6.54 Å². The fourth-order valence-corrected chi connectivity index (χ4v) is 1.13. The number of amides is 1. The van der Waals surface area contributed by atoms with Crippen LogP contribution in [-0.2, 0) is 14.3 Å². The first-order valence-corrected chi connectivity index (χ1v) is 6.20. The molecular weight excluding hydrogens is 252 g/mol. The summed E-state index contributed by atoms with van der Waals surface area (Å²) >= 11 is 0. The van der Waals surface area contributed by atoms with Gasteiger partial charge in [-0.15, -0.1) is 0 Å². The van der Waals surface area contributed by atoms with Gasteiger partial charge in [0.05, 0.1) is 32.0 Å². The highest BCUT2D eigenvalue weighted by molar-refractivity contribution is 5.64. The molecule has 0 rings (SSSR count). The van der Waals surface area contributed by atoms with Crippen LogP contribution in [0.25, 0.3) is 0 Å². The summed E-state index contributed by atoms with van der Waals surface area (Å²) in [6.45, 7) is 6.33. The van der Waals surface area contributed by atoms with Crippen LogP contribution in [0, 0.1) is 0 Å². The third kappa shape index (κ3) is 9.40. The fraction of sp³-hybridized carbons (Fsp3) is 0.833. The van der Waals surface area contributed by atoms with Gasteiger partial charge < -0.3 is 24.7 Å². The maximum Gasteiger partial charge on any atom is 0.404 e. The van der Waals surface area contributed by atoms with Gasteiger partial charge in [0.15, 0.2) is 0 Å². The van der Waals surface area contributed by atoms with Crippen LogP contribution >= 0.6 is 0 Å². The largest absolute Gasteiger partial charge is 0.465 e. The van der Waals surface area contributed by atoms with Crippen LogP contribution in [0.3, 0.4) is 0 Å². The molecule has 112 valence electrons. The summed E-state index contributed by atoms with van der Waals surface area (Å²) in [7, 11) is 1.87. The Morgan fingerprint density at radius 1 is 1.26 bits per heavy atom. The summed E-state index contributed by atoms with van der Waals surface area (Å²) in [6, 6.07) is 0. The summed E-state index contributed by atoms with van der Waals surface area (Å²) in [5, 5.41) is 10.5. The Hall–Kier alpha value is -1.18. The number of aldehydes is 1. The zero-order chi connectivity index (χ0) is 14.7. The minimum atomic E-state index is -1.05. The number of likely N-dealkylation sites (N-methyl/N-ethyl adjacent to an activating group) is 1. The van der Waals surface area contributed by atoms with E-state index >= 15 is 0 Å². The Bertz CT molecular complexity index is 271. The summed E-state index contributed by atoms with van der Waals surface area (Å²) in [5.41, 5.74) is -0.484. The number of ether oxygens (including phenoxy) is 2. The first-order chi connectivity index (χ1) is 8.90. The minimum Gasteiger partial charge on any atom is -0.465 e. The lowest BCUT2D eigenvalue weighted by Crippen LogP contribution is -2.44. The number of carbonyl (C=O) groups is 2. The van der Waals surface area contributed by atoms with E-state index in [1.165, 1.54) is 0 Å². The minimum absolute atomic E-state index is 0.269. The molecule has 0 aromatic rings. The summed E-state index contributed by atoms with van der Waals surface area (Å²) in [5.74, 6) is 0. The van der Waals surface area contributed by atoms with Crippen LogP contribution in [0.4, 0.5) is 4.79 Å². The van der Waals surface area contributed by atoms with E-state index in [1.54, 1.807) is 0 Å². The molecule has 2 N–H and O–H groups in total. The molecule has 0 saturated carbocycles. The molecule has 0 unspecified atom stereocenters. The molecule has 0 aliphatic carbocycles. The molecule has 0 atom stereocenters. The number of nitrogens with one attached hydrogen (secondary N) is 1. The highest BCUT2D eigenvalue weighted by Crippen LogP contribution is 2.07. The number of hydrogen-bond acceptors (Lipinski definition) is 5. The predicted molar refractivity (Wildman–Crippen MR) is 70.4 cm³/mol. The quantitative estimate of drug-likeness (QED) is 0.414. The third-order valence-electron chi connectivity index (χ3n) is 2.74. The number of hydrogen-bond donors (Lipinski definition) is 2. The molecule has 1 amide bonds. The molecule has 7 nitrogen and oxygen atoms in total. The molecule has 0 bridgehead atoms. The van der Waals surface area contributed by atoms with Crippen molar-refractivity contribution in [2.45, 2.75) is 19.4 Å². The lowest BCUT2D eigenvalue weighted by Gasteiger charge is -2.30. The molecule has 0 saturated heterocycles. The van der Waals surface area contributed by atoms with Crippen molar-refractivity contribution in [1.82, 2.24) is 10.2 Å². The highest BCUT2D eigenvalue weighted by Gasteiger charge is 2.21. The zero-order valence-corrected chi connectivity index (χ0v) is 11.8. The van der Waals surface area contributed by atoms with E-state index < -0.39 is 11.6 Å². The molecule has 0 heterocycles. The Morgan fingerprint density at radius 3 is 2.37 bits per heavy atom. The first kappa shape index (κ1) is 17.8. The average molecular weight is 276 g/mol. The highest BCUT2D eigenvalue weighted by atomic mass is 16.5. The van der Waals surface area contributed by atoms with E-state index in [0.29, 0.717) is 33.0 Å². The van der Waals surface area contributed by atoms with Gasteiger partial charge in [0, 0.05) is 13.1 Å². The average Bonchev–Trinajstić information content (AvgIpc) is 2.36. The van der Waals surface area contributed by atoms with Crippen molar-refractivity contribution >= 4 is 12.4 Å². The maximum absolute atomic E-state index is 10.8. The Balaban J connectivity index is 3.36. The summed E-state index contributed by atoms with van der Waals surface area (Å²) in [4.78, 5) is 22.8. The van der Waals surface area contributed by atoms with Gasteiger partial charge in [0.1, 0.15) is 6.29 Å². The van der Waals surface area contributed by atoms with E-state index in [2.05, 4.69) is 5.32 Å². The SMILES string of the molecule is CN(CCOCCOCCNC(=O)O)C(C)(C)C=O. The third-order valence-corrected chi connectivity index (χ3v) is 2.74. The maximum atomic E-state index is 10.8. The van der Waals surface area contributed by atoms with Gasteiger partial charge in [-0.05, 0) is 20.9 Å². The van der Waals surface area contributed by atoms with Crippen LogP contribution in [0.2, 0.25) is 0 Å². The molecule has 0 aromatic carbocycles. The number of nitrogens with zero attached hydrogens (tertiary/aromatic N) is 1. The van der Waals surface area contributed by atoms with Crippen molar-refractivity contribution in [2.75, 3.05) is 46.6 Å². The van der Waals surface area contributed by atoms with Crippen molar-refractivity contribution in [3.63, 3.8) is 0 Å². The van der Waals surface area contributed by atoms with E-state index in [0.717, 1.165) is 6.29 Å². The normalized spacial score (nSPS) is 11.6. The lowest BCUT2D eigenvalue weighted by atomic mass is 10.1. The lowest BCUT2D eigenvalue weighted by molar-refractivity contribution is -0.116. The monoisotopic (exact) mass is 276 g/mol. The van der Waals surface area contributed by atoms with Crippen LogP contribution in [0.5, 0.6) is 0 Å². The Morgan fingerprint density at radius 2 is 1.84 bits per heavy atom. The van der Waals surface area contributed by atoms with Crippen molar-refractivity contribution in [2.24, 2.45) is 0 Å². The number of carbonyl (C=O) groups excluding carboxylic acids is 1. The second-order valence-electron chi connectivity index (χ2n) is 4.65. The van der Waals surface area contributed by atoms with Gasteiger partial charge in [-0.3, -0.25) is 4.90 Å². The number of carboxylic acid groups (broad SMARTS) is 1. The van der Waals surface area contributed by atoms with Crippen molar-refractivity contribution in [3.8, 4) is 0 Å². The molecule has 0 aliphatic heterocycles. The van der Waals surface area contributed by atoms with Crippen LogP contribution in [-0.4, -0.2) is 74.5 Å². The molecule has 7 heteroatoms. The second-order valence-corrected chi connectivity index (χ2v) is 4.65. The Labute approximate surface area is 113 Å². The van der Waals surface area contributed by atoms with Crippen LogP contribution < -0.4 is 5.32 Å². The molecular formula is C12H24N2O5. The van der Waals surface area contributed by atoms with Crippen molar-refractivity contribution in [3.05, 3.63) is 0 Å². The topological polar surface area (TPSA) is 88.1 Å². The molecule has 0 aromatic heterocycles. The molecule has 0 radical (unpaired) electrons. The molecule has 19 heavy (non-hydrogen) atoms. The molecule has 0 aliphatic rings. The van der Waals surface area contributed by atoms with Gasteiger partial charge in [0.2, 0.25) is 0 Å². The fourth-order valence-electron chi connectivity index (χ4n) is 1.13. The molecule has 0 fully saturated rings. The smallest absolute Gasteiger partial charge is 0.404 e.